The Kier molecular flexibility index (Phi) is 6.16. The number of piperidine rings is 2. The van der Waals surface area contributed by atoms with Gasteiger partial charge in [-0.3, -0.25) is 4.79 Å². The lowest BCUT2D eigenvalue weighted by Gasteiger charge is -2.42. The van der Waals surface area contributed by atoms with Gasteiger partial charge in [0.15, 0.2) is 5.79 Å². The van der Waals surface area contributed by atoms with Crippen LogP contribution in [0.2, 0.25) is 0 Å². The molecule has 1 amide bonds. The van der Waals surface area contributed by atoms with E-state index in [1.54, 1.807) is 0 Å². The molecule has 3 heterocycles. The fraction of sp³-hybridized carbons (Fsp3) is 0.667. The molecule has 3 saturated heterocycles. The molecule has 0 bridgehead atoms. The Labute approximate surface area is 177 Å². The summed E-state index contributed by atoms with van der Waals surface area (Å²) < 4.78 is 52.1. The second kappa shape index (κ2) is 8.53. The molecule has 2 atom stereocenters. The topological polar surface area (TPSA) is 76.2 Å². The van der Waals surface area contributed by atoms with Crippen molar-refractivity contribution in [2.24, 2.45) is 11.8 Å². The number of carbonyl (C=O) groups excluding carboxylic acids is 1. The first-order chi connectivity index (χ1) is 14.3. The summed E-state index contributed by atoms with van der Waals surface area (Å²) in [7, 11) is -3.75. The van der Waals surface area contributed by atoms with E-state index in [-0.39, 0.29) is 29.2 Å². The van der Waals surface area contributed by atoms with E-state index in [4.69, 9.17) is 9.47 Å². The number of halogens is 1. The van der Waals surface area contributed by atoms with E-state index < -0.39 is 21.6 Å². The fourth-order valence-electron chi connectivity index (χ4n) is 4.75. The van der Waals surface area contributed by atoms with Crippen LogP contribution in [0.5, 0.6) is 0 Å². The molecule has 1 aromatic rings. The van der Waals surface area contributed by atoms with Crippen LogP contribution in [-0.4, -0.2) is 68.7 Å². The van der Waals surface area contributed by atoms with Gasteiger partial charge in [-0.15, -0.1) is 0 Å². The van der Waals surface area contributed by atoms with E-state index >= 15 is 0 Å². The highest BCUT2D eigenvalue weighted by Gasteiger charge is 2.44. The van der Waals surface area contributed by atoms with Crippen LogP contribution in [0.1, 0.15) is 32.6 Å². The molecule has 166 valence electrons. The van der Waals surface area contributed by atoms with Crippen molar-refractivity contribution in [3.8, 4) is 0 Å². The third kappa shape index (κ3) is 4.26. The van der Waals surface area contributed by atoms with Crippen molar-refractivity contribution in [2.75, 3.05) is 39.4 Å². The van der Waals surface area contributed by atoms with Crippen LogP contribution in [0.25, 0.3) is 0 Å². The van der Waals surface area contributed by atoms with Gasteiger partial charge in [0, 0.05) is 32.1 Å². The van der Waals surface area contributed by atoms with Gasteiger partial charge >= 0.3 is 0 Å². The van der Waals surface area contributed by atoms with Crippen LogP contribution in [-0.2, 0) is 24.3 Å². The lowest BCUT2D eigenvalue weighted by atomic mass is 9.89. The van der Waals surface area contributed by atoms with E-state index in [1.807, 2.05) is 11.8 Å². The molecule has 7 nitrogen and oxygen atoms in total. The summed E-state index contributed by atoms with van der Waals surface area (Å²) in [5.74, 6) is -1.39. The number of rotatable bonds is 4. The van der Waals surface area contributed by atoms with Crippen molar-refractivity contribution in [1.29, 1.82) is 0 Å². The second-order valence-corrected chi connectivity index (χ2v) is 10.4. The number of likely N-dealkylation sites (tertiary alicyclic amines) is 1. The predicted molar refractivity (Wildman–Crippen MR) is 107 cm³/mol. The molecule has 3 aliphatic rings. The molecule has 3 fully saturated rings. The van der Waals surface area contributed by atoms with Gasteiger partial charge in [-0.25, -0.2) is 12.8 Å². The number of amides is 1. The van der Waals surface area contributed by atoms with E-state index in [2.05, 4.69) is 0 Å². The zero-order valence-electron chi connectivity index (χ0n) is 17.3. The number of benzene rings is 1. The normalized spacial score (nSPS) is 27.9. The molecule has 0 aliphatic carbocycles. The lowest BCUT2D eigenvalue weighted by Crippen LogP contribution is -2.52. The first kappa shape index (κ1) is 21.7. The third-order valence-corrected chi connectivity index (χ3v) is 8.40. The maximum Gasteiger partial charge on any atom is 0.243 e. The molecular weight excluding hydrogens is 411 g/mol. The molecule has 1 aromatic carbocycles. The number of carbonyl (C=O) groups is 1. The van der Waals surface area contributed by atoms with Gasteiger partial charge in [0.05, 0.1) is 24.0 Å². The number of hydrogen-bond acceptors (Lipinski definition) is 5. The summed E-state index contributed by atoms with van der Waals surface area (Å²) >= 11 is 0. The first-order valence-electron chi connectivity index (χ1n) is 10.6. The van der Waals surface area contributed by atoms with Crippen LogP contribution >= 0.6 is 0 Å². The number of nitrogens with zero attached hydrogens (tertiary/aromatic N) is 2. The smallest absolute Gasteiger partial charge is 0.243 e. The van der Waals surface area contributed by atoms with E-state index in [0.717, 1.165) is 25.0 Å². The maximum atomic E-state index is 13.2. The van der Waals surface area contributed by atoms with Gasteiger partial charge < -0.3 is 14.4 Å². The minimum absolute atomic E-state index is 0.000281. The highest BCUT2D eigenvalue weighted by molar-refractivity contribution is 7.89. The average molecular weight is 441 g/mol. The molecule has 0 radical (unpaired) electrons. The van der Waals surface area contributed by atoms with Crippen molar-refractivity contribution < 1.29 is 27.1 Å². The summed E-state index contributed by atoms with van der Waals surface area (Å²) in [6.45, 7) is 4.84. The largest absolute Gasteiger partial charge is 0.347 e. The molecule has 4 rings (SSSR count). The maximum absolute atomic E-state index is 13.2. The van der Waals surface area contributed by atoms with Crippen LogP contribution in [0.4, 0.5) is 4.39 Å². The van der Waals surface area contributed by atoms with Gasteiger partial charge in [0.2, 0.25) is 15.9 Å². The molecule has 0 N–H and O–H groups in total. The summed E-state index contributed by atoms with van der Waals surface area (Å²) in [5.41, 5.74) is 0. The Morgan fingerprint density at radius 2 is 1.73 bits per heavy atom. The number of hydrogen-bond donors (Lipinski definition) is 0. The molecule has 9 heteroatoms. The van der Waals surface area contributed by atoms with Gasteiger partial charge in [-0.2, -0.15) is 4.31 Å². The number of ether oxygens (including phenoxy) is 2. The Bertz CT molecular complexity index is 870. The Hall–Kier alpha value is -1.55. The first-order valence-corrected chi connectivity index (χ1v) is 12.1. The van der Waals surface area contributed by atoms with Crippen molar-refractivity contribution in [1.82, 2.24) is 9.21 Å². The molecule has 3 aliphatic heterocycles. The Balaban J connectivity index is 1.43. The van der Waals surface area contributed by atoms with E-state index in [1.165, 1.54) is 16.4 Å². The van der Waals surface area contributed by atoms with Crippen molar-refractivity contribution in [2.45, 2.75) is 43.3 Å². The Morgan fingerprint density at radius 1 is 1.07 bits per heavy atom. The number of sulfonamides is 1. The highest BCUT2D eigenvalue weighted by Crippen LogP contribution is 2.35. The zero-order valence-corrected chi connectivity index (χ0v) is 18.1. The van der Waals surface area contributed by atoms with E-state index in [9.17, 15) is 17.6 Å². The minimum Gasteiger partial charge on any atom is -0.347 e. The van der Waals surface area contributed by atoms with Crippen LogP contribution in [0.3, 0.4) is 0 Å². The summed E-state index contributed by atoms with van der Waals surface area (Å²) in [6, 6.07) is 4.82. The predicted octanol–water partition coefficient (Wildman–Crippen LogP) is 2.23. The monoisotopic (exact) mass is 440 g/mol. The van der Waals surface area contributed by atoms with Gasteiger partial charge in [-0.1, -0.05) is 0 Å². The van der Waals surface area contributed by atoms with E-state index in [0.29, 0.717) is 45.7 Å². The van der Waals surface area contributed by atoms with Gasteiger partial charge in [-0.05, 0) is 56.9 Å². The molecule has 0 aromatic heterocycles. The summed E-state index contributed by atoms with van der Waals surface area (Å²) in [4.78, 5) is 15.1. The van der Waals surface area contributed by atoms with Crippen LogP contribution in [0, 0.1) is 17.7 Å². The minimum atomic E-state index is -3.75. The van der Waals surface area contributed by atoms with Crippen molar-refractivity contribution in [3.05, 3.63) is 30.1 Å². The van der Waals surface area contributed by atoms with Crippen LogP contribution in [0.15, 0.2) is 29.2 Å². The van der Waals surface area contributed by atoms with Crippen molar-refractivity contribution in [3.63, 3.8) is 0 Å². The standard InChI is InChI=1S/C21H29FN2O5S/c1-21(28-12-13-29-21)17-5-3-10-23(15-17)20(25)16-4-2-11-24(14-16)30(26,27)19-8-6-18(22)7-9-19/h6-9,16-17H,2-5,10-15H2,1H3/t16-,17-/m1/s1. The zero-order chi connectivity index (χ0) is 21.4. The van der Waals surface area contributed by atoms with Crippen molar-refractivity contribution >= 4 is 15.9 Å². The average Bonchev–Trinajstić information content (AvgIpc) is 3.21. The highest BCUT2D eigenvalue weighted by atomic mass is 32.2. The molecule has 30 heavy (non-hydrogen) atoms. The molecule has 0 spiro atoms. The fourth-order valence-corrected chi connectivity index (χ4v) is 6.27. The molecule has 0 saturated carbocycles. The SMILES string of the molecule is CC1([C@@H]2CCCN(C(=O)[C@@H]3CCCN(S(=O)(=O)c4ccc(F)cc4)C3)C2)OCCO1. The van der Waals surface area contributed by atoms with Crippen LogP contribution < -0.4 is 0 Å². The quantitative estimate of drug-likeness (QED) is 0.718. The Morgan fingerprint density at radius 3 is 2.43 bits per heavy atom. The second-order valence-electron chi connectivity index (χ2n) is 8.49. The summed E-state index contributed by atoms with van der Waals surface area (Å²) in [5, 5.41) is 0. The third-order valence-electron chi connectivity index (χ3n) is 6.52. The molecule has 0 unspecified atom stereocenters. The van der Waals surface area contributed by atoms with Gasteiger partial charge in [0.1, 0.15) is 5.82 Å². The lowest BCUT2D eigenvalue weighted by molar-refractivity contribution is -0.193. The van der Waals surface area contributed by atoms with Gasteiger partial charge in [0.25, 0.3) is 0 Å². The summed E-state index contributed by atoms with van der Waals surface area (Å²) in [6.07, 6.45) is 3.11. The molecular formula is C21H29FN2O5S.